The lowest BCUT2D eigenvalue weighted by Crippen LogP contribution is -2.14. The van der Waals surface area contributed by atoms with Crippen molar-refractivity contribution in [2.75, 3.05) is 11.1 Å². The van der Waals surface area contributed by atoms with E-state index >= 15 is 0 Å². The first-order valence-corrected chi connectivity index (χ1v) is 9.01. The smallest absolute Gasteiger partial charge is 0.234 e. The fourth-order valence-electron chi connectivity index (χ4n) is 2.07. The number of hydrogen-bond donors (Lipinski definition) is 2. The van der Waals surface area contributed by atoms with Crippen LogP contribution in [0.4, 0.5) is 5.69 Å². The monoisotopic (exact) mass is 409 g/mol. The van der Waals surface area contributed by atoms with Gasteiger partial charge < -0.3 is 10.3 Å². The van der Waals surface area contributed by atoms with E-state index in [1.54, 1.807) is 6.07 Å². The van der Waals surface area contributed by atoms with Gasteiger partial charge in [0, 0.05) is 9.50 Å². The zero-order valence-electron chi connectivity index (χ0n) is 12.2. The highest BCUT2D eigenvalue weighted by Gasteiger charge is 2.09. The van der Waals surface area contributed by atoms with Gasteiger partial charge in [0.2, 0.25) is 5.91 Å². The SMILES string of the molecule is Cc1ccc(NC(=O)CSc2nc3ccc(Cl)cc3[nH]2)c(Br)c1. The molecule has 3 aromatic rings. The number of hydrogen-bond acceptors (Lipinski definition) is 3. The maximum atomic E-state index is 12.1. The van der Waals surface area contributed by atoms with Gasteiger partial charge in [-0.15, -0.1) is 0 Å². The molecule has 0 atom stereocenters. The molecule has 0 fully saturated rings. The first-order valence-electron chi connectivity index (χ1n) is 6.85. The maximum Gasteiger partial charge on any atom is 0.234 e. The molecule has 0 radical (unpaired) electrons. The minimum Gasteiger partial charge on any atom is -0.333 e. The number of aromatic amines is 1. The van der Waals surface area contributed by atoms with Gasteiger partial charge in [-0.2, -0.15) is 0 Å². The van der Waals surface area contributed by atoms with Crippen molar-refractivity contribution in [1.29, 1.82) is 0 Å². The summed E-state index contributed by atoms with van der Waals surface area (Å²) in [4.78, 5) is 19.7. The van der Waals surface area contributed by atoms with E-state index in [4.69, 9.17) is 11.6 Å². The van der Waals surface area contributed by atoms with Crippen molar-refractivity contribution in [3.63, 3.8) is 0 Å². The number of halogens is 2. The summed E-state index contributed by atoms with van der Waals surface area (Å²) in [6, 6.07) is 11.3. The fraction of sp³-hybridized carbons (Fsp3) is 0.125. The van der Waals surface area contributed by atoms with E-state index in [-0.39, 0.29) is 11.7 Å². The second-order valence-corrected chi connectivity index (χ2v) is 7.28. The lowest BCUT2D eigenvalue weighted by molar-refractivity contribution is -0.113. The maximum absolute atomic E-state index is 12.1. The van der Waals surface area contributed by atoms with E-state index in [9.17, 15) is 4.79 Å². The van der Waals surface area contributed by atoms with Crippen LogP contribution in [0.1, 0.15) is 5.56 Å². The summed E-state index contributed by atoms with van der Waals surface area (Å²) in [5, 5.41) is 4.23. The minimum absolute atomic E-state index is 0.0851. The lowest BCUT2D eigenvalue weighted by Gasteiger charge is -2.07. The number of amides is 1. The molecule has 0 bridgehead atoms. The average Bonchev–Trinajstić information content (AvgIpc) is 2.90. The standard InChI is InChI=1S/C16H13BrClN3OS/c1-9-2-4-12(11(17)6-9)19-15(22)8-23-16-20-13-5-3-10(18)7-14(13)21-16/h2-7H,8H2,1H3,(H,19,22)(H,20,21). The molecule has 1 amide bonds. The summed E-state index contributed by atoms with van der Waals surface area (Å²) in [5.74, 6) is 0.187. The number of benzene rings is 2. The van der Waals surface area contributed by atoms with Gasteiger partial charge in [-0.1, -0.05) is 29.4 Å². The van der Waals surface area contributed by atoms with Crippen LogP contribution in [0, 0.1) is 6.92 Å². The molecule has 4 nitrogen and oxygen atoms in total. The molecule has 0 aliphatic rings. The molecule has 0 saturated heterocycles. The number of aryl methyl sites for hydroxylation is 1. The highest BCUT2D eigenvalue weighted by atomic mass is 79.9. The largest absolute Gasteiger partial charge is 0.333 e. The summed E-state index contributed by atoms with van der Waals surface area (Å²) >= 11 is 10.7. The quantitative estimate of drug-likeness (QED) is 0.594. The number of anilines is 1. The minimum atomic E-state index is -0.0851. The molecule has 1 heterocycles. The van der Waals surface area contributed by atoms with Crippen molar-refractivity contribution in [2.24, 2.45) is 0 Å². The van der Waals surface area contributed by atoms with E-state index in [1.165, 1.54) is 11.8 Å². The van der Waals surface area contributed by atoms with Gasteiger partial charge in [0.15, 0.2) is 5.16 Å². The van der Waals surface area contributed by atoms with E-state index < -0.39 is 0 Å². The van der Waals surface area contributed by atoms with Gasteiger partial charge in [0.25, 0.3) is 0 Å². The van der Waals surface area contributed by atoms with Crippen molar-refractivity contribution in [1.82, 2.24) is 9.97 Å². The molecule has 0 unspecified atom stereocenters. The third-order valence-corrected chi connectivity index (χ3v) is 4.93. The fourth-order valence-corrected chi connectivity index (χ4v) is 3.52. The van der Waals surface area contributed by atoms with Gasteiger partial charge in [-0.3, -0.25) is 4.79 Å². The number of nitrogens with zero attached hydrogens (tertiary/aromatic N) is 1. The molecule has 7 heteroatoms. The summed E-state index contributed by atoms with van der Waals surface area (Å²) < 4.78 is 0.870. The van der Waals surface area contributed by atoms with Gasteiger partial charge in [-0.25, -0.2) is 4.98 Å². The highest BCUT2D eigenvalue weighted by Crippen LogP contribution is 2.25. The van der Waals surface area contributed by atoms with Crippen molar-refractivity contribution in [3.8, 4) is 0 Å². The Bertz CT molecular complexity index is 881. The van der Waals surface area contributed by atoms with Crippen LogP contribution in [0.25, 0.3) is 11.0 Å². The van der Waals surface area contributed by atoms with Gasteiger partial charge in [-0.05, 0) is 58.7 Å². The number of carbonyl (C=O) groups excluding carboxylic acids is 1. The molecule has 118 valence electrons. The van der Waals surface area contributed by atoms with E-state index in [2.05, 4.69) is 31.2 Å². The Hall–Kier alpha value is -1.50. The summed E-state index contributed by atoms with van der Waals surface area (Å²) in [7, 11) is 0. The van der Waals surface area contributed by atoms with Gasteiger partial charge >= 0.3 is 0 Å². The normalized spacial score (nSPS) is 10.9. The number of rotatable bonds is 4. The number of thioether (sulfide) groups is 1. The molecule has 23 heavy (non-hydrogen) atoms. The van der Waals surface area contributed by atoms with Crippen LogP contribution >= 0.6 is 39.3 Å². The first kappa shape index (κ1) is 16.4. The number of carbonyl (C=O) groups is 1. The van der Waals surface area contributed by atoms with Crippen molar-refractivity contribution in [3.05, 3.63) is 51.5 Å². The number of imidazole rings is 1. The molecule has 2 N–H and O–H groups in total. The van der Waals surface area contributed by atoms with Crippen LogP contribution in [0.2, 0.25) is 5.02 Å². The third kappa shape index (κ3) is 4.07. The highest BCUT2D eigenvalue weighted by molar-refractivity contribution is 9.10. The van der Waals surface area contributed by atoms with Crippen LogP contribution in [0.15, 0.2) is 46.0 Å². The Kier molecular flexibility index (Phi) is 4.94. The first-order chi connectivity index (χ1) is 11.0. The molecule has 1 aromatic heterocycles. The van der Waals surface area contributed by atoms with Crippen molar-refractivity contribution < 1.29 is 4.79 Å². The molecule has 2 aromatic carbocycles. The summed E-state index contributed by atoms with van der Waals surface area (Å²) in [5.41, 5.74) is 3.59. The molecule has 3 rings (SSSR count). The van der Waals surface area contributed by atoms with Crippen LogP contribution in [-0.2, 0) is 4.79 Å². The predicted molar refractivity (Wildman–Crippen MR) is 99.3 cm³/mol. The second-order valence-electron chi connectivity index (χ2n) is 5.02. The number of nitrogens with one attached hydrogen (secondary N) is 2. The van der Waals surface area contributed by atoms with Gasteiger partial charge in [0.05, 0.1) is 22.5 Å². The Morgan fingerprint density at radius 2 is 2.17 bits per heavy atom. The molecule has 0 aliphatic carbocycles. The Morgan fingerprint density at radius 3 is 2.96 bits per heavy atom. The average molecular weight is 411 g/mol. The molecule has 0 aliphatic heterocycles. The summed E-state index contributed by atoms with van der Waals surface area (Å²) in [6.45, 7) is 2.00. The van der Waals surface area contributed by atoms with E-state index in [0.29, 0.717) is 10.2 Å². The van der Waals surface area contributed by atoms with Gasteiger partial charge in [0.1, 0.15) is 0 Å². The second kappa shape index (κ2) is 6.95. The van der Waals surface area contributed by atoms with Crippen LogP contribution in [0.5, 0.6) is 0 Å². The molecular formula is C16H13BrClN3OS. The zero-order valence-corrected chi connectivity index (χ0v) is 15.3. The van der Waals surface area contributed by atoms with Crippen molar-refractivity contribution >= 4 is 61.9 Å². The number of aromatic nitrogens is 2. The topological polar surface area (TPSA) is 57.8 Å². The zero-order chi connectivity index (χ0) is 16.4. The molecule has 0 spiro atoms. The van der Waals surface area contributed by atoms with Crippen molar-refractivity contribution in [2.45, 2.75) is 12.1 Å². The van der Waals surface area contributed by atoms with Crippen LogP contribution < -0.4 is 5.32 Å². The number of H-pyrrole nitrogens is 1. The Morgan fingerprint density at radius 1 is 1.35 bits per heavy atom. The Balaban J connectivity index is 1.63. The number of fused-ring (bicyclic) bond motifs is 1. The predicted octanol–water partition coefficient (Wildman–Crippen LogP) is 5.02. The molecule has 0 saturated carbocycles. The van der Waals surface area contributed by atoms with Crippen LogP contribution in [-0.4, -0.2) is 21.6 Å². The van der Waals surface area contributed by atoms with E-state index in [1.807, 2.05) is 37.3 Å². The van der Waals surface area contributed by atoms with E-state index in [0.717, 1.165) is 26.8 Å². The third-order valence-electron chi connectivity index (χ3n) is 3.16. The Labute approximate surface area is 151 Å². The lowest BCUT2D eigenvalue weighted by atomic mass is 10.2. The molecular weight excluding hydrogens is 398 g/mol. The van der Waals surface area contributed by atoms with Crippen LogP contribution in [0.3, 0.4) is 0 Å². The summed E-state index contributed by atoms with van der Waals surface area (Å²) in [6.07, 6.45) is 0.